The number of pyridine rings is 1. The van der Waals surface area contributed by atoms with Crippen LogP contribution in [0.25, 0.3) is 16.6 Å². The molecule has 9 heteroatoms. The monoisotopic (exact) mass is 488 g/mol. The summed E-state index contributed by atoms with van der Waals surface area (Å²) in [4.78, 5) is 4.26. The summed E-state index contributed by atoms with van der Waals surface area (Å²) in [6.45, 7) is 6.46. The van der Waals surface area contributed by atoms with Crippen molar-refractivity contribution in [3.8, 4) is 0 Å². The highest BCUT2D eigenvalue weighted by molar-refractivity contribution is 7.92. The minimum atomic E-state index is -3.90. The van der Waals surface area contributed by atoms with Crippen molar-refractivity contribution in [2.45, 2.75) is 49.0 Å². The molecule has 0 spiro atoms. The number of hydrogen-bond donors (Lipinski definition) is 0. The van der Waals surface area contributed by atoms with Gasteiger partial charge in [-0.25, -0.2) is 30.2 Å². The topological polar surface area (TPSA) is 86.1 Å². The molecule has 2 heterocycles. The van der Waals surface area contributed by atoms with Crippen LogP contribution in [0.4, 0.5) is 4.39 Å². The zero-order valence-corrected chi connectivity index (χ0v) is 20.4. The molecule has 0 saturated carbocycles. The van der Waals surface area contributed by atoms with E-state index in [9.17, 15) is 21.2 Å². The molecule has 0 bridgehead atoms. The largest absolute Gasteiger partial charge is 0.249 e. The van der Waals surface area contributed by atoms with Crippen LogP contribution in [0.1, 0.15) is 39.7 Å². The number of halogens is 1. The molecule has 174 valence electrons. The SMILES string of the molecule is CC1=CC(c2cc(S(=O)(=O)C(C)C)ccc2F)=CCC1(C)S(=O)(=O)n1ccc2cccnc21. The van der Waals surface area contributed by atoms with Crippen LogP contribution in [-0.4, -0.2) is 35.8 Å². The van der Waals surface area contributed by atoms with E-state index in [1.807, 2.05) is 0 Å². The van der Waals surface area contributed by atoms with E-state index < -0.39 is 35.7 Å². The Bertz CT molecular complexity index is 1530. The standard InChI is InChI=1S/C24H25FN2O4S2/c1-16(2)32(28,29)20-7-8-22(25)21(15-20)19-9-11-24(4,17(3)14-19)33(30,31)27-13-10-18-6-5-12-26-23(18)27/h5-10,12-16H,11H2,1-4H3. The molecule has 1 aliphatic rings. The molecule has 0 N–H and O–H groups in total. The smallest absolute Gasteiger partial charge is 0.237 e. The lowest BCUT2D eigenvalue weighted by Gasteiger charge is -2.33. The fraction of sp³-hybridized carbons (Fsp3) is 0.292. The molecule has 3 aromatic rings. The summed E-state index contributed by atoms with van der Waals surface area (Å²) in [5.74, 6) is -0.569. The van der Waals surface area contributed by atoms with Crippen molar-refractivity contribution in [3.05, 3.63) is 77.9 Å². The highest BCUT2D eigenvalue weighted by atomic mass is 32.2. The number of benzene rings is 1. The number of rotatable bonds is 5. The Morgan fingerprint density at radius 3 is 2.52 bits per heavy atom. The Kier molecular flexibility index (Phi) is 5.61. The molecule has 0 amide bonds. The first kappa shape index (κ1) is 23.4. The lowest BCUT2D eigenvalue weighted by Crippen LogP contribution is -2.41. The van der Waals surface area contributed by atoms with Crippen LogP contribution in [0.15, 0.2) is 71.4 Å². The van der Waals surface area contributed by atoms with Crippen molar-refractivity contribution >= 4 is 36.5 Å². The van der Waals surface area contributed by atoms with Crippen molar-refractivity contribution < 1.29 is 21.2 Å². The number of hydrogen-bond acceptors (Lipinski definition) is 5. The molecule has 0 fully saturated rings. The molecule has 1 aliphatic carbocycles. The second kappa shape index (κ2) is 7.92. The molecular formula is C24H25FN2O4S2. The van der Waals surface area contributed by atoms with Crippen LogP contribution >= 0.6 is 0 Å². The minimum absolute atomic E-state index is 0.0340. The average Bonchev–Trinajstić information content (AvgIpc) is 3.20. The molecule has 33 heavy (non-hydrogen) atoms. The van der Waals surface area contributed by atoms with Gasteiger partial charge in [0.15, 0.2) is 15.5 Å². The third-order valence-corrected chi connectivity index (χ3v) is 11.0. The number of sulfone groups is 1. The second-order valence-corrected chi connectivity index (χ2v) is 13.4. The molecule has 6 nitrogen and oxygen atoms in total. The van der Waals surface area contributed by atoms with Crippen molar-refractivity contribution in [1.29, 1.82) is 0 Å². The molecular weight excluding hydrogens is 463 g/mol. The van der Waals surface area contributed by atoms with Gasteiger partial charge in [-0.3, -0.25) is 0 Å². The summed E-state index contributed by atoms with van der Waals surface area (Å²) < 4.78 is 67.1. The molecule has 4 rings (SSSR count). The first-order chi connectivity index (χ1) is 15.4. The first-order valence-electron chi connectivity index (χ1n) is 10.5. The summed E-state index contributed by atoms with van der Waals surface area (Å²) in [6.07, 6.45) is 6.39. The van der Waals surface area contributed by atoms with Crippen LogP contribution in [-0.2, 0) is 19.9 Å². The average molecular weight is 489 g/mol. The quantitative estimate of drug-likeness (QED) is 0.485. The maximum atomic E-state index is 14.7. The maximum Gasteiger partial charge on any atom is 0.249 e. The Hall–Kier alpha value is -2.78. The molecule has 1 atom stereocenters. The van der Waals surface area contributed by atoms with Gasteiger partial charge in [0.05, 0.1) is 10.1 Å². The van der Waals surface area contributed by atoms with Gasteiger partial charge in [-0.2, -0.15) is 0 Å². The Morgan fingerprint density at radius 2 is 1.85 bits per heavy atom. The second-order valence-electron chi connectivity index (χ2n) is 8.69. The molecule has 1 unspecified atom stereocenters. The van der Waals surface area contributed by atoms with Gasteiger partial charge in [0.2, 0.25) is 10.0 Å². The van der Waals surface area contributed by atoms with Gasteiger partial charge >= 0.3 is 0 Å². The summed E-state index contributed by atoms with van der Waals surface area (Å²) >= 11 is 0. The summed E-state index contributed by atoms with van der Waals surface area (Å²) in [5.41, 5.74) is 1.45. The lowest BCUT2D eigenvalue weighted by molar-refractivity contribution is 0.546. The number of nitrogens with zero attached hydrogens (tertiary/aromatic N) is 2. The summed E-state index contributed by atoms with van der Waals surface area (Å²) in [6, 6.07) is 8.94. The van der Waals surface area contributed by atoms with E-state index in [1.165, 1.54) is 22.3 Å². The Morgan fingerprint density at radius 1 is 1.12 bits per heavy atom. The van der Waals surface area contributed by atoms with Crippen molar-refractivity contribution in [2.24, 2.45) is 0 Å². The van der Waals surface area contributed by atoms with Gasteiger partial charge in [-0.05, 0) is 81.7 Å². The van der Waals surface area contributed by atoms with Crippen molar-refractivity contribution in [1.82, 2.24) is 8.96 Å². The third-order valence-electron chi connectivity index (χ3n) is 6.36. The first-order valence-corrected chi connectivity index (χ1v) is 13.5. The van der Waals surface area contributed by atoms with E-state index in [4.69, 9.17) is 0 Å². The van der Waals surface area contributed by atoms with Crippen LogP contribution < -0.4 is 0 Å². The zero-order valence-electron chi connectivity index (χ0n) is 18.8. The van der Waals surface area contributed by atoms with E-state index in [2.05, 4.69) is 4.98 Å². The fourth-order valence-electron chi connectivity index (χ4n) is 3.94. The fourth-order valence-corrected chi connectivity index (χ4v) is 6.81. The van der Waals surface area contributed by atoms with E-state index in [1.54, 1.807) is 64.2 Å². The van der Waals surface area contributed by atoms with Gasteiger partial charge < -0.3 is 0 Å². The normalized spacial score (nSPS) is 19.6. The van der Waals surface area contributed by atoms with Crippen LogP contribution in [0.3, 0.4) is 0 Å². The van der Waals surface area contributed by atoms with Crippen LogP contribution in [0, 0.1) is 5.82 Å². The van der Waals surface area contributed by atoms with Crippen molar-refractivity contribution in [2.75, 3.05) is 0 Å². The molecule has 0 radical (unpaired) electrons. The van der Waals surface area contributed by atoms with Gasteiger partial charge in [0, 0.05) is 23.3 Å². The predicted octanol–water partition coefficient (Wildman–Crippen LogP) is 4.73. The summed E-state index contributed by atoms with van der Waals surface area (Å²) in [5, 5.41) is 0.0652. The number of allylic oxidation sites excluding steroid dienone is 3. The lowest BCUT2D eigenvalue weighted by atomic mass is 9.87. The van der Waals surface area contributed by atoms with Gasteiger partial charge in [-0.15, -0.1) is 0 Å². The van der Waals surface area contributed by atoms with E-state index in [-0.39, 0.29) is 16.9 Å². The Labute approximate surface area is 193 Å². The molecule has 0 saturated heterocycles. The van der Waals surface area contributed by atoms with E-state index in [0.717, 1.165) is 6.07 Å². The Balaban J connectivity index is 1.77. The van der Waals surface area contributed by atoms with E-state index >= 15 is 0 Å². The van der Waals surface area contributed by atoms with Crippen molar-refractivity contribution in [3.63, 3.8) is 0 Å². The predicted molar refractivity (Wildman–Crippen MR) is 128 cm³/mol. The molecule has 2 aromatic heterocycles. The van der Waals surface area contributed by atoms with Crippen LogP contribution in [0.5, 0.6) is 0 Å². The number of aromatic nitrogens is 2. The van der Waals surface area contributed by atoms with Gasteiger partial charge in [0.25, 0.3) is 0 Å². The zero-order chi connectivity index (χ0) is 24.2. The summed E-state index contributed by atoms with van der Waals surface area (Å²) in [7, 11) is -7.49. The van der Waals surface area contributed by atoms with E-state index in [0.29, 0.717) is 22.2 Å². The maximum absolute atomic E-state index is 14.7. The minimum Gasteiger partial charge on any atom is -0.237 e. The van der Waals surface area contributed by atoms with Crippen LogP contribution in [0.2, 0.25) is 0 Å². The number of fused-ring (bicyclic) bond motifs is 1. The van der Waals surface area contributed by atoms with Gasteiger partial charge in [0.1, 0.15) is 10.6 Å². The van der Waals surface area contributed by atoms with Gasteiger partial charge in [-0.1, -0.05) is 12.2 Å². The molecule has 1 aromatic carbocycles. The highest BCUT2D eigenvalue weighted by Gasteiger charge is 2.43. The molecule has 0 aliphatic heterocycles. The third kappa shape index (κ3) is 3.63. The highest BCUT2D eigenvalue weighted by Crippen LogP contribution is 2.40.